The summed E-state index contributed by atoms with van der Waals surface area (Å²) in [6.07, 6.45) is 7.15. The zero-order valence-electron chi connectivity index (χ0n) is 7.60. The van der Waals surface area contributed by atoms with Gasteiger partial charge in [-0.05, 0) is 44.9 Å². The minimum atomic E-state index is 0.332. The Balaban J connectivity index is 2.02. The van der Waals surface area contributed by atoms with Gasteiger partial charge in [-0.3, -0.25) is 0 Å². The average Bonchev–Trinajstić information content (AvgIpc) is 2.44. The molecule has 3 unspecified atom stereocenters. The Labute approximate surface area is 69.1 Å². The van der Waals surface area contributed by atoms with Crippen LogP contribution in [0.3, 0.4) is 0 Å². The maximum absolute atomic E-state index is 5.98. The van der Waals surface area contributed by atoms with Gasteiger partial charge in [0.2, 0.25) is 0 Å². The Bertz CT molecular complexity index is 135. The number of ether oxygens (including phenoxy) is 1. The van der Waals surface area contributed by atoms with Gasteiger partial charge in [-0.2, -0.15) is 0 Å². The standard InChI is InChI=1S/C10H18O/c1-8-3-5-10(7-8)6-4-9(2)11-10/h8-9H,3-7H2,1-2H3. The predicted molar refractivity (Wildman–Crippen MR) is 45.5 cm³/mol. The van der Waals surface area contributed by atoms with Crippen molar-refractivity contribution in [2.24, 2.45) is 5.92 Å². The van der Waals surface area contributed by atoms with Crippen LogP contribution >= 0.6 is 0 Å². The molecule has 0 amide bonds. The van der Waals surface area contributed by atoms with Crippen molar-refractivity contribution in [1.82, 2.24) is 0 Å². The van der Waals surface area contributed by atoms with Crippen LogP contribution in [0.15, 0.2) is 0 Å². The summed E-state index contributed by atoms with van der Waals surface area (Å²) in [7, 11) is 0. The second kappa shape index (κ2) is 2.48. The summed E-state index contributed by atoms with van der Waals surface area (Å²) in [5.41, 5.74) is 0.332. The quantitative estimate of drug-likeness (QED) is 0.521. The lowest BCUT2D eigenvalue weighted by Crippen LogP contribution is -2.24. The summed E-state index contributed by atoms with van der Waals surface area (Å²) in [4.78, 5) is 0. The van der Waals surface area contributed by atoms with Gasteiger partial charge in [0.15, 0.2) is 0 Å². The van der Waals surface area contributed by atoms with Gasteiger partial charge in [0.05, 0.1) is 11.7 Å². The first-order valence-corrected chi connectivity index (χ1v) is 4.88. The SMILES string of the molecule is CC1CCC2(CCC(C)O2)C1. The Morgan fingerprint density at radius 3 is 2.36 bits per heavy atom. The fourth-order valence-corrected chi connectivity index (χ4v) is 2.69. The molecule has 1 spiro atoms. The molecule has 2 aliphatic rings. The van der Waals surface area contributed by atoms with Gasteiger partial charge >= 0.3 is 0 Å². The van der Waals surface area contributed by atoms with Crippen LogP contribution < -0.4 is 0 Å². The van der Waals surface area contributed by atoms with Crippen LogP contribution in [0.5, 0.6) is 0 Å². The van der Waals surface area contributed by atoms with Gasteiger partial charge in [-0.25, -0.2) is 0 Å². The van der Waals surface area contributed by atoms with Crippen LogP contribution in [-0.2, 0) is 4.74 Å². The van der Waals surface area contributed by atoms with Crippen molar-refractivity contribution in [1.29, 1.82) is 0 Å². The lowest BCUT2D eigenvalue weighted by molar-refractivity contribution is -0.0308. The first-order chi connectivity index (χ1) is 5.20. The van der Waals surface area contributed by atoms with Gasteiger partial charge in [0.25, 0.3) is 0 Å². The largest absolute Gasteiger partial charge is 0.372 e. The topological polar surface area (TPSA) is 9.23 Å². The lowest BCUT2D eigenvalue weighted by Gasteiger charge is -2.23. The van der Waals surface area contributed by atoms with Crippen LogP contribution in [0.2, 0.25) is 0 Å². The van der Waals surface area contributed by atoms with Gasteiger partial charge in [0.1, 0.15) is 0 Å². The van der Waals surface area contributed by atoms with Gasteiger partial charge in [-0.1, -0.05) is 6.92 Å². The van der Waals surface area contributed by atoms with E-state index < -0.39 is 0 Å². The Hall–Kier alpha value is -0.0400. The van der Waals surface area contributed by atoms with E-state index in [9.17, 15) is 0 Å². The summed E-state index contributed by atoms with van der Waals surface area (Å²) < 4.78 is 5.98. The molecule has 0 aromatic carbocycles. The predicted octanol–water partition coefficient (Wildman–Crippen LogP) is 2.74. The smallest absolute Gasteiger partial charge is 0.0689 e. The molecule has 0 aromatic rings. The Kier molecular flexibility index (Phi) is 1.71. The molecule has 1 nitrogen and oxygen atoms in total. The summed E-state index contributed by atoms with van der Waals surface area (Å²) in [6, 6.07) is 0. The van der Waals surface area contributed by atoms with Crippen LogP contribution in [0.4, 0.5) is 0 Å². The average molecular weight is 154 g/mol. The van der Waals surface area contributed by atoms with E-state index in [1.807, 2.05) is 0 Å². The molecular formula is C10H18O. The Morgan fingerprint density at radius 1 is 1.18 bits per heavy atom. The van der Waals surface area contributed by atoms with Crippen molar-refractivity contribution in [3.63, 3.8) is 0 Å². The molecule has 11 heavy (non-hydrogen) atoms. The van der Waals surface area contributed by atoms with Crippen molar-refractivity contribution >= 4 is 0 Å². The monoisotopic (exact) mass is 154 g/mol. The van der Waals surface area contributed by atoms with Crippen LogP contribution in [0.1, 0.15) is 46.0 Å². The number of hydrogen-bond donors (Lipinski definition) is 0. The molecule has 1 saturated carbocycles. The van der Waals surface area contributed by atoms with Crippen molar-refractivity contribution in [2.75, 3.05) is 0 Å². The second-order valence-electron chi connectivity index (χ2n) is 4.50. The summed E-state index contributed by atoms with van der Waals surface area (Å²) >= 11 is 0. The second-order valence-corrected chi connectivity index (χ2v) is 4.50. The molecule has 0 radical (unpaired) electrons. The van der Waals surface area contributed by atoms with E-state index in [2.05, 4.69) is 13.8 Å². The summed E-state index contributed by atoms with van der Waals surface area (Å²) in [6.45, 7) is 4.55. The van der Waals surface area contributed by atoms with Crippen LogP contribution in [0.25, 0.3) is 0 Å². The third-order valence-electron chi connectivity index (χ3n) is 3.27. The molecule has 2 rings (SSSR count). The van der Waals surface area contributed by atoms with E-state index in [1.54, 1.807) is 0 Å². The lowest BCUT2D eigenvalue weighted by atomic mass is 9.97. The molecule has 3 atom stereocenters. The van der Waals surface area contributed by atoms with E-state index in [0.717, 1.165) is 5.92 Å². The zero-order chi connectivity index (χ0) is 7.90. The first kappa shape index (κ1) is 7.60. The van der Waals surface area contributed by atoms with Crippen molar-refractivity contribution in [3.8, 4) is 0 Å². The first-order valence-electron chi connectivity index (χ1n) is 4.88. The van der Waals surface area contributed by atoms with Gasteiger partial charge < -0.3 is 4.74 Å². The van der Waals surface area contributed by atoms with Gasteiger partial charge in [-0.15, -0.1) is 0 Å². The number of rotatable bonds is 0. The third-order valence-corrected chi connectivity index (χ3v) is 3.27. The maximum atomic E-state index is 5.98. The van der Waals surface area contributed by atoms with Crippen molar-refractivity contribution < 1.29 is 4.74 Å². The molecule has 0 bridgehead atoms. The van der Waals surface area contributed by atoms with Crippen molar-refractivity contribution in [3.05, 3.63) is 0 Å². The van der Waals surface area contributed by atoms with Crippen molar-refractivity contribution in [2.45, 2.75) is 57.7 Å². The van der Waals surface area contributed by atoms with E-state index in [4.69, 9.17) is 4.74 Å². The molecule has 2 fully saturated rings. The summed E-state index contributed by atoms with van der Waals surface area (Å²) in [5.74, 6) is 0.903. The van der Waals surface area contributed by atoms with E-state index in [-0.39, 0.29) is 0 Å². The van der Waals surface area contributed by atoms with E-state index >= 15 is 0 Å². The molecule has 0 aromatic heterocycles. The van der Waals surface area contributed by atoms with E-state index in [1.165, 1.54) is 32.1 Å². The molecule has 1 aliphatic heterocycles. The molecule has 1 heteroatoms. The molecular weight excluding hydrogens is 136 g/mol. The minimum absolute atomic E-state index is 0.332. The minimum Gasteiger partial charge on any atom is -0.372 e. The normalized spacial score (nSPS) is 50.7. The highest BCUT2D eigenvalue weighted by Gasteiger charge is 2.43. The molecule has 64 valence electrons. The maximum Gasteiger partial charge on any atom is 0.0689 e. The highest BCUT2D eigenvalue weighted by molar-refractivity contribution is 4.94. The van der Waals surface area contributed by atoms with E-state index in [0.29, 0.717) is 11.7 Å². The molecule has 1 saturated heterocycles. The van der Waals surface area contributed by atoms with Gasteiger partial charge in [0, 0.05) is 0 Å². The van der Waals surface area contributed by atoms with Crippen LogP contribution in [-0.4, -0.2) is 11.7 Å². The fraction of sp³-hybridized carbons (Fsp3) is 1.00. The zero-order valence-corrected chi connectivity index (χ0v) is 7.60. The highest BCUT2D eigenvalue weighted by Crippen LogP contribution is 2.45. The Morgan fingerprint density at radius 2 is 1.91 bits per heavy atom. The molecule has 0 N–H and O–H groups in total. The third kappa shape index (κ3) is 1.31. The number of hydrogen-bond acceptors (Lipinski definition) is 1. The molecule has 1 aliphatic carbocycles. The van der Waals surface area contributed by atoms with Crippen LogP contribution in [0, 0.1) is 5.92 Å². The summed E-state index contributed by atoms with van der Waals surface area (Å²) in [5, 5.41) is 0. The fourth-order valence-electron chi connectivity index (χ4n) is 2.69. The molecule has 1 heterocycles. The highest BCUT2D eigenvalue weighted by atomic mass is 16.5.